The third-order valence-electron chi connectivity index (χ3n) is 2.53. The molecular weight excluding hydrogens is 260 g/mol. The van der Waals surface area contributed by atoms with Gasteiger partial charge in [0.15, 0.2) is 18.1 Å². The molecule has 20 heavy (non-hydrogen) atoms. The number of carbonyl (C=O) groups excluding carboxylic acids is 1. The number of rotatable bonds is 5. The van der Waals surface area contributed by atoms with Crippen LogP contribution in [0.4, 0.5) is 5.95 Å². The SMILES string of the molecule is COc1cc(C)ccc1OCC(=O)Nc1n[nH]c(C)n1. The lowest BCUT2D eigenvalue weighted by Crippen LogP contribution is -2.21. The molecule has 0 saturated heterocycles. The van der Waals surface area contributed by atoms with Crippen LogP contribution in [-0.4, -0.2) is 34.8 Å². The van der Waals surface area contributed by atoms with Gasteiger partial charge in [0, 0.05) is 0 Å². The molecule has 1 aromatic heterocycles. The Hall–Kier alpha value is -2.57. The highest BCUT2D eigenvalue weighted by molar-refractivity contribution is 5.90. The van der Waals surface area contributed by atoms with Gasteiger partial charge in [-0.15, -0.1) is 5.10 Å². The third kappa shape index (κ3) is 3.47. The van der Waals surface area contributed by atoms with E-state index in [1.807, 2.05) is 19.1 Å². The van der Waals surface area contributed by atoms with E-state index in [1.54, 1.807) is 20.1 Å². The molecule has 0 saturated carbocycles. The molecule has 2 N–H and O–H groups in total. The van der Waals surface area contributed by atoms with Gasteiger partial charge in [0.1, 0.15) is 5.82 Å². The predicted octanol–water partition coefficient (Wildman–Crippen LogP) is 1.45. The smallest absolute Gasteiger partial charge is 0.264 e. The fourth-order valence-electron chi connectivity index (χ4n) is 1.60. The van der Waals surface area contributed by atoms with Gasteiger partial charge in [0.2, 0.25) is 5.95 Å². The summed E-state index contributed by atoms with van der Waals surface area (Å²) in [5, 5.41) is 8.97. The Morgan fingerprint density at radius 1 is 1.35 bits per heavy atom. The zero-order chi connectivity index (χ0) is 14.5. The number of carbonyl (C=O) groups is 1. The summed E-state index contributed by atoms with van der Waals surface area (Å²) in [6.07, 6.45) is 0. The first-order valence-corrected chi connectivity index (χ1v) is 6.05. The van der Waals surface area contributed by atoms with Crippen molar-refractivity contribution in [3.05, 3.63) is 29.6 Å². The predicted molar refractivity (Wildman–Crippen MR) is 73.0 cm³/mol. The van der Waals surface area contributed by atoms with Gasteiger partial charge < -0.3 is 9.47 Å². The van der Waals surface area contributed by atoms with Gasteiger partial charge in [-0.25, -0.2) is 0 Å². The molecule has 0 aliphatic carbocycles. The summed E-state index contributed by atoms with van der Waals surface area (Å²) in [6, 6.07) is 5.48. The summed E-state index contributed by atoms with van der Waals surface area (Å²) >= 11 is 0. The van der Waals surface area contributed by atoms with E-state index in [0.717, 1.165) is 5.56 Å². The van der Waals surface area contributed by atoms with Crippen LogP contribution in [0.15, 0.2) is 18.2 Å². The number of hydrogen-bond acceptors (Lipinski definition) is 5. The molecule has 0 bridgehead atoms. The van der Waals surface area contributed by atoms with Gasteiger partial charge in [0.25, 0.3) is 5.91 Å². The molecule has 1 aromatic carbocycles. The molecule has 2 rings (SSSR count). The number of methoxy groups -OCH3 is 1. The number of ether oxygens (including phenoxy) is 2. The normalized spacial score (nSPS) is 10.2. The Labute approximate surface area is 116 Å². The zero-order valence-electron chi connectivity index (χ0n) is 11.6. The largest absolute Gasteiger partial charge is 0.493 e. The van der Waals surface area contributed by atoms with Gasteiger partial charge in [0.05, 0.1) is 7.11 Å². The second-order valence-corrected chi connectivity index (χ2v) is 4.24. The second kappa shape index (κ2) is 6.05. The highest BCUT2D eigenvalue weighted by atomic mass is 16.5. The minimum atomic E-state index is -0.341. The highest BCUT2D eigenvalue weighted by Crippen LogP contribution is 2.27. The van der Waals surface area contributed by atoms with Crippen molar-refractivity contribution in [2.24, 2.45) is 0 Å². The number of anilines is 1. The van der Waals surface area contributed by atoms with Gasteiger partial charge in [-0.3, -0.25) is 15.2 Å². The van der Waals surface area contributed by atoms with E-state index in [-0.39, 0.29) is 18.5 Å². The van der Waals surface area contributed by atoms with E-state index >= 15 is 0 Å². The third-order valence-corrected chi connectivity index (χ3v) is 2.53. The minimum Gasteiger partial charge on any atom is -0.493 e. The first kappa shape index (κ1) is 13.9. The molecule has 0 spiro atoms. The van der Waals surface area contributed by atoms with Crippen LogP contribution in [0.1, 0.15) is 11.4 Å². The van der Waals surface area contributed by atoms with Crippen molar-refractivity contribution < 1.29 is 14.3 Å². The van der Waals surface area contributed by atoms with Crippen molar-refractivity contribution in [1.82, 2.24) is 15.2 Å². The number of amides is 1. The highest BCUT2D eigenvalue weighted by Gasteiger charge is 2.09. The number of benzene rings is 1. The minimum absolute atomic E-state index is 0.146. The summed E-state index contributed by atoms with van der Waals surface area (Å²) < 4.78 is 10.6. The number of aromatic amines is 1. The van der Waals surface area contributed by atoms with E-state index in [2.05, 4.69) is 20.5 Å². The Bertz CT molecular complexity index is 609. The molecule has 7 heteroatoms. The van der Waals surface area contributed by atoms with Gasteiger partial charge in [-0.1, -0.05) is 6.07 Å². The lowest BCUT2D eigenvalue weighted by molar-refractivity contribution is -0.118. The number of H-pyrrole nitrogens is 1. The average molecular weight is 276 g/mol. The topological polar surface area (TPSA) is 89.1 Å². The Balaban J connectivity index is 1.93. The average Bonchev–Trinajstić information content (AvgIpc) is 2.82. The first-order chi connectivity index (χ1) is 9.58. The molecule has 0 atom stereocenters. The molecule has 1 heterocycles. The Morgan fingerprint density at radius 2 is 2.15 bits per heavy atom. The van der Waals surface area contributed by atoms with Crippen LogP contribution >= 0.6 is 0 Å². The first-order valence-electron chi connectivity index (χ1n) is 6.05. The molecule has 1 amide bonds. The molecule has 106 valence electrons. The van der Waals surface area contributed by atoms with E-state index in [0.29, 0.717) is 17.3 Å². The Kier molecular flexibility index (Phi) is 4.19. The quantitative estimate of drug-likeness (QED) is 0.862. The maximum Gasteiger partial charge on any atom is 0.264 e. The zero-order valence-corrected chi connectivity index (χ0v) is 11.6. The van der Waals surface area contributed by atoms with E-state index in [9.17, 15) is 4.79 Å². The van der Waals surface area contributed by atoms with Gasteiger partial charge in [-0.05, 0) is 31.5 Å². The number of hydrogen-bond donors (Lipinski definition) is 2. The van der Waals surface area contributed by atoms with Crippen LogP contribution in [-0.2, 0) is 4.79 Å². The molecule has 0 fully saturated rings. The number of aryl methyl sites for hydroxylation is 2. The summed E-state index contributed by atoms with van der Waals surface area (Å²) in [5.74, 6) is 1.62. The summed E-state index contributed by atoms with van der Waals surface area (Å²) in [5.41, 5.74) is 1.05. The maximum atomic E-state index is 11.7. The fraction of sp³-hybridized carbons (Fsp3) is 0.308. The van der Waals surface area contributed by atoms with Crippen molar-refractivity contribution in [2.75, 3.05) is 19.0 Å². The standard InChI is InChI=1S/C13H16N4O3/c1-8-4-5-10(11(6-8)19-3)20-7-12(18)15-13-14-9(2)16-17-13/h4-6H,7H2,1-3H3,(H2,14,15,16,17,18). The van der Waals surface area contributed by atoms with E-state index < -0.39 is 0 Å². The van der Waals surface area contributed by atoms with E-state index in [1.165, 1.54) is 0 Å². The van der Waals surface area contributed by atoms with Crippen LogP contribution < -0.4 is 14.8 Å². The number of nitrogens with one attached hydrogen (secondary N) is 2. The van der Waals surface area contributed by atoms with Gasteiger partial charge >= 0.3 is 0 Å². The lowest BCUT2D eigenvalue weighted by Gasteiger charge is -2.10. The fourth-order valence-corrected chi connectivity index (χ4v) is 1.60. The second-order valence-electron chi connectivity index (χ2n) is 4.24. The molecule has 2 aromatic rings. The monoisotopic (exact) mass is 276 g/mol. The number of nitrogens with zero attached hydrogens (tertiary/aromatic N) is 2. The summed E-state index contributed by atoms with van der Waals surface area (Å²) in [7, 11) is 1.55. The molecule has 0 unspecified atom stereocenters. The van der Waals surface area contributed by atoms with Crippen LogP contribution in [0, 0.1) is 13.8 Å². The van der Waals surface area contributed by atoms with Crippen LogP contribution in [0.5, 0.6) is 11.5 Å². The van der Waals surface area contributed by atoms with Crippen molar-refractivity contribution in [3.8, 4) is 11.5 Å². The number of aromatic nitrogens is 3. The molecular formula is C13H16N4O3. The summed E-state index contributed by atoms with van der Waals surface area (Å²) in [4.78, 5) is 15.7. The van der Waals surface area contributed by atoms with Crippen molar-refractivity contribution >= 4 is 11.9 Å². The van der Waals surface area contributed by atoms with Crippen molar-refractivity contribution in [2.45, 2.75) is 13.8 Å². The maximum absolute atomic E-state index is 11.7. The molecule has 0 radical (unpaired) electrons. The lowest BCUT2D eigenvalue weighted by atomic mass is 10.2. The van der Waals surface area contributed by atoms with Crippen molar-refractivity contribution in [3.63, 3.8) is 0 Å². The van der Waals surface area contributed by atoms with Crippen LogP contribution in [0.3, 0.4) is 0 Å². The van der Waals surface area contributed by atoms with Crippen molar-refractivity contribution in [1.29, 1.82) is 0 Å². The summed E-state index contributed by atoms with van der Waals surface area (Å²) in [6.45, 7) is 3.55. The molecule has 0 aliphatic rings. The van der Waals surface area contributed by atoms with Crippen LogP contribution in [0.25, 0.3) is 0 Å². The van der Waals surface area contributed by atoms with Crippen LogP contribution in [0.2, 0.25) is 0 Å². The van der Waals surface area contributed by atoms with Gasteiger partial charge in [-0.2, -0.15) is 4.98 Å². The molecule has 7 nitrogen and oxygen atoms in total. The van der Waals surface area contributed by atoms with E-state index in [4.69, 9.17) is 9.47 Å². The Morgan fingerprint density at radius 3 is 2.80 bits per heavy atom. The molecule has 0 aliphatic heterocycles.